The maximum absolute atomic E-state index is 4.80. The number of pyridine rings is 1. The molecule has 1 aromatic heterocycles. The molecule has 0 atom stereocenters. The van der Waals surface area contributed by atoms with Crippen molar-refractivity contribution in [3.8, 4) is 0 Å². The predicted molar refractivity (Wildman–Crippen MR) is 116 cm³/mol. The second-order valence-corrected chi connectivity index (χ2v) is 7.85. The molecular formula is C23H34N4. The number of rotatable bonds is 7. The Morgan fingerprint density at radius 3 is 2.41 bits per heavy atom. The summed E-state index contributed by atoms with van der Waals surface area (Å²) in [6.07, 6.45) is 4.32. The summed E-state index contributed by atoms with van der Waals surface area (Å²) in [6.45, 7) is 11.1. The second-order valence-electron chi connectivity index (χ2n) is 7.85. The predicted octanol–water partition coefficient (Wildman–Crippen LogP) is 4.42. The van der Waals surface area contributed by atoms with Gasteiger partial charge in [0.1, 0.15) is 0 Å². The molecule has 1 saturated heterocycles. The first-order chi connectivity index (χ1) is 13.1. The highest BCUT2D eigenvalue weighted by molar-refractivity contribution is 5.67. The lowest BCUT2D eigenvalue weighted by Crippen LogP contribution is -2.48. The van der Waals surface area contributed by atoms with Gasteiger partial charge in [-0.2, -0.15) is 0 Å². The van der Waals surface area contributed by atoms with Crippen LogP contribution in [0, 0.1) is 0 Å². The average Bonchev–Trinajstić information content (AvgIpc) is 2.70. The average molecular weight is 367 g/mol. The van der Waals surface area contributed by atoms with Gasteiger partial charge in [-0.25, -0.2) is 4.98 Å². The van der Waals surface area contributed by atoms with Gasteiger partial charge in [0, 0.05) is 51.5 Å². The lowest BCUT2D eigenvalue weighted by molar-refractivity contribution is 0.198. The maximum Gasteiger partial charge on any atom is 0.152 e. The van der Waals surface area contributed by atoms with Crippen LogP contribution in [0.4, 0.5) is 11.5 Å². The Hall–Kier alpha value is -2.07. The van der Waals surface area contributed by atoms with Crippen molar-refractivity contribution in [2.45, 2.75) is 52.2 Å². The van der Waals surface area contributed by atoms with Crippen LogP contribution in [0.5, 0.6) is 0 Å². The normalized spacial score (nSPS) is 15.9. The van der Waals surface area contributed by atoms with E-state index in [1.165, 1.54) is 24.1 Å². The van der Waals surface area contributed by atoms with E-state index in [0.29, 0.717) is 12.1 Å². The molecule has 0 unspecified atom stereocenters. The zero-order chi connectivity index (χ0) is 19.2. The van der Waals surface area contributed by atoms with Crippen molar-refractivity contribution in [1.82, 2.24) is 9.88 Å². The van der Waals surface area contributed by atoms with Gasteiger partial charge in [0.25, 0.3) is 0 Å². The molecule has 0 spiro atoms. The number of piperidine rings is 1. The van der Waals surface area contributed by atoms with Crippen LogP contribution in [0.3, 0.4) is 0 Å². The summed E-state index contributed by atoms with van der Waals surface area (Å²) in [7, 11) is 2.15. The number of nitrogens with zero attached hydrogens (tertiary/aromatic N) is 4. The summed E-state index contributed by atoms with van der Waals surface area (Å²) < 4.78 is 0. The lowest BCUT2D eigenvalue weighted by Gasteiger charge is -2.42. The fourth-order valence-corrected chi connectivity index (χ4v) is 4.09. The van der Waals surface area contributed by atoms with Crippen LogP contribution in [0.2, 0.25) is 0 Å². The molecule has 0 radical (unpaired) electrons. The number of benzene rings is 1. The Labute approximate surface area is 164 Å². The Bertz CT molecular complexity index is 693. The highest BCUT2D eigenvalue weighted by Crippen LogP contribution is 2.32. The molecule has 0 N–H and O–H groups in total. The molecule has 0 saturated carbocycles. The number of hydrogen-bond acceptors (Lipinski definition) is 4. The van der Waals surface area contributed by atoms with E-state index in [9.17, 15) is 0 Å². The molecule has 0 aliphatic carbocycles. The van der Waals surface area contributed by atoms with Gasteiger partial charge in [0.15, 0.2) is 5.82 Å². The van der Waals surface area contributed by atoms with Crippen LogP contribution in [0.15, 0.2) is 48.7 Å². The van der Waals surface area contributed by atoms with Crippen molar-refractivity contribution in [2.24, 2.45) is 0 Å². The summed E-state index contributed by atoms with van der Waals surface area (Å²) in [5, 5.41) is 0. The first-order valence-electron chi connectivity index (χ1n) is 10.3. The standard InChI is InChI=1S/C23H34N4/c1-5-25(4)22-12-9-15-24-23(22)27(19(2)3)21-13-16-26(17-14-21)18-20-10-7-6-8-11-20/h6-12,15,19,21H,5,13-14,16-18H2,1-4H3. The van der Waals surface area contributed by atoms with Crippen LogP contribution >= 0.6 is 0 Å². The molecule has 4 nitrogen and oxygen atoms in total. The summed E-state index contributed by atoms with van der Waals surface area (Å²) in [4.78, 5) is 12.2. The van der Waals surface area contributed by atoms with E-state index in [2.05, 4.69) is 78.9 Å². The minimum Gasteiger partial charge on any atom is -0.372 e. The SMILES string of the molecule is CCN(C)c1cccnc1N(C(C)C)C1CCN(Cc2ccccc2)CC1. The van der Waals surface area contributed by atoms with Gasteiger partial charge in [0.05, 0.1) is 5.69 Å². The van der Waals surface area contributed by atoms with Gasteiger partial charge in [-0.15, -0.1) is 0 Å². The topological polar surface area (TPSA) is 22.6 Å². The van der Waals surface area contributed by atoms with E-state index in [-0.39, 0.29) is 0 Å². The van der Waals surface area contributed by atoms with Crippen molar-refractivity contribution in [2.75, 3.05) is 36.5 Å². The molecule has 4 heteroatoms. The van der Waals surface area contributed by atoms with E-state index in [1.54, 1.807) is 0 Å². The molecule has 1 aliphatic rings. The highest BCUT2D eigenvalue weighted by Gasteiger charge is 2.29. The third-order valence-corrected chi connectivity index (χ3v) is 5.65. The van der Waals surface area contributed by atoms with E-state index in [0.717, 1.165) is 32.0 Å². The van der Waals surface area contributed by atoms with Gasteiger partial charge in [0.2, 0.25) is 0 Å². The molecular weight excluding hydrogens is 332 g/mol. The van der Waals surface area contributed by atoms with E-state index in [4.69, 9.17) is 4.98 Å². The number of anilines is 2. The second kappa shape index (κ2) is 9.23. The summed E-state index contributed by atoms with van der Waals surface area (Å²) in [5.41, 5.74) is 2.65. The minimum absolute atomic E-state index is 0.439. The van der Waals surface area contributed by atoms with Crippen molar-refractivity contribution in [3.63, 3.8) is 0 Å². The van der Waals surface area contributed by atoms with Crippen LogP contribution in [-0.4, -0.2) is 48.6 Å². The number of hydrogen-bond donors (Lipinski definition) is 0. The van der Waals surface area contributed by atoms with Crippen LogP contribution < -0.4 is 9.80 Å². The zero-order valence-electron chi connectivity index (χ0n) is 17.3. The van der Waals surface area contributed by atoms with Crippen molar-refractivity contribution in [1.29, 1.82) is 0 Å². The third-order valence-electron chi connectivity index (χ3n) is 5.65. The fourth-order valence-electron chi connectivity index (χ4n) is 4.09. The van der Waals surface area contributed by atoms with Gasteiger partial charge in [-0.3, -0.25) is 4.90 Å². The molecule has 146 valence electrons. The Morgan fingerprint density at radius 2 is 1.78 bits per heavy atom. The fraction of sp³-hybridized carbons (Fsp3) is 0.522. The number of aromatic nitrogens is 1. The van der Waals surface area contributed by atoms with Crippen LogP contribution in [-0.2, 0) is 6.54 Å². The summed E-state index contributed by atoms with van der Waals surface area (Å²) in [6, 6.07) is 16.1. The monoisotopic (exact) mass is 366 g/mol. The van der Waals surface area contributed by atoms with Gasteiger partial charge in [-0.05, 0) is 51.3 Å². The minimum atomic E-state index is 0.439. The molecule has 2 aromatic rings. The summed E-state index contributed by atoms with van der Waals surface area (Å²) in [5.74, 6) is 1.14. The zero-order valence-corrected chi connectivity index (χ0v) is 17.3. The molecule has 27 heavy (non-hydrogen) atoms. The van der Waals surface area contributed by atoms with Gasteiger partial charge < -0.3 is 9.80 Å². The van der Waals surface area contributed by atoms with Gasteiger partial charge >= 0.3 is 0 Å². The summed E-state index contributed by atoms with van der Waals surface area (Å²) >= 11 is 0. The number of likely N-dealkylation sites (tertiary alicyclic amines) is 1. The Morgan fingerprint density at radius 1 is 1.07 bits per heavy atom. The molecule has 0 bridgehead atoms. The quantitative estimate of drug-likeness (QED) is 0.723. The van der Waals surface area contributed by atoms with E-state index >= 15 is 0 Å². The molecule has 1 fully saturated rings. The van der Waals surface area contributed by atoms with E-state index in [1.807, 2.05) is 12.3 Å². The smallest absolute Gasteiger partial charge is 0.152 e. The van der Waals surface area contributed by atoms with Crippen molar-refractivity contribution >= 4 is 11.5 Å². The molecule has 2 heterocycles. The maximum atomic E-state index is 4.80. The third kappa shape index (κ3) is 4.81. The van der Waals surface area contributed by atoms with E-state index < -0.39 is 0 Å². The largest absolute Gasteiger partial charge is 0.372 e. The molecule has 0 amide bonds. The first kappa shape index (κ1) is 19.7. The molecule has 1 aliphatic heterocycles. The Kier molecular flexibility index (Phi) is 6.73. The van der Waals surface area contributed by atoms with Crippen LogP contribution in [0.1, 0.15) is 39.2 Å². The Balaban J connectivity index is 1.71. The van der Waals surface area contributed by atoms with Gasteiger partial charge in [-0.1, -0.05) is 30.3 Å². The highest BCUT2D eigenvalue weighted by atomic mass is 15.3. The van der Waals surface area contributed by atoms with Crippen LogP contribution in [0.25, 0.3) is 0 Å². The lowest BCUT2D eigenvalue weighted by atomic mass is 10.0. The molecule has 3 rings (SSSR count). The molecule has 1 aromatic carbocycles. The first-order valence-corrected chi connectivity index (χ1v) is 10.3. The van der Waals surface area contributed by atoms with Crippen molar-refractivity contribution in [3.05, 3.63) is 54.2 Å². The van der Waals surface area contributed by atoms with Crippen molar-refractivity contribution < 1.29 is 0 Å².